The second-order valence-electron chi connectivity index (χ2n) is 4.80. The molecule has 0 saturated carbocycles. The topological polar surface area (TPSA) is 55.8 Å². The largest absolute Gasteiger partial charge is 0.493 e. The number of carboxylic acid groups (broad SMARTS) is 1. The van der Waals surface area contributed by atoms with Gasteiger partial charge in [0.1, 0.15) is 17.1 Å². The Hall–Kier alpha value is -2.20. The number of rotatable bonds is 4. The van der Waals surface area contributed by atoms with Crippen molar-refractivity contribution in [1.82, 2.24) is 0 Å². The molecule has 1 aliphatic heterocycles. The molecule has 4 nitrogen and oxygen atoms in total. The SMILES string of the molecule is O=C(O)c1cc(Cl)ccc1OCC1COc2ccccc21. The second kappa shape index (κ2) is 5.66. The molecule has 21 heavy (non-hydrogen) atoms. The molecule has 0 aliphatic carbocycles. The maximum Gasteiger partial charge on any atom is 0.339 e. The van der Waals surface area contributed by atoms with Crippen molar-refractivity contribution < 1.29 is 19.4 Å². The van der Waals surface area contributed by atoms with Crippen LogP contribution in [0.1, 0.15) is 21.8 Å². The number of benzene rings is 2. The Bertz CT molecular complexity index is 684. The second-order valence-corrected chi connectivity index (χ2v) is 5.24. The molecule has 1 heterocycles. The minimum absolute atomic E-state index is 0.0645. The average Bonchev–Trinajstić information content (AvgIpc) is 2.89. The molecule has 1 atom stereocenters. The molecule has 0 fully saturated rings. The number of para-hydroxylation sites is 1. The Morgan fingerprint density at radius 2 is 2.14 bits per heavy atom. The zero-order valence-electron chi connectivity index (χ0n) is 11.1. The summed E-state index contributed by atoms with van der Waals surface area (Å²) in [6.07, 6.45) is 0. The smallest absolute Gasteiger partial charge is 0.339 e. The molecule has 0 bridgehead atoms. The van der Waals surface area contributed by atoms with E-state index in [2.05, 4.69) is 0 Å². The summed E-state index contributed by atoms with van der Waals surface area (Å²) in [5, 5.41) is 9.55. The zero-order valence-corrected chi connectivity index (χ0v) is 11.8. The van der Waals surface area contributed by atoms with Gasteiger partial charge in [-0.25, -0.2) is 4.79 Å². The monoisotopic (exact) mass is 304 g/mol. The van der Waals surface area contributed by atoms with Gasteiger partial charge in [0.15, 0.2) is 0 Å². The van der Waals surface area contributed by atoms with Crippen molar-refractivity contribution in [1.29, 1.82) is 0 Å². The van der Waals surface area contributed by atoms with Crippen LogP contribution in [0.15, 0.2) is 42.5 Å². The molecule has 0 amide bonds. The highest BCUT2D eigenvalue weighted by atomic mass is 35.5. The molecule has 0 radical (unpaired) electrons. The maximum absolute atomic E-state index is 11.2. The molecule has 5 heteroatoms. The van der Waals surface area contributed by atoms with E-state index in [1.54, 1.807) is 12.1 Å². The average molecular weight is 305 g/mol. The lowest BCUT2D eigenvalue weighted by Crippen LogP contribution is -2.13. The van der Waals surface area contributed by atoms with Crippen LogP contribution in [0.4, 0.5) is 0 Å². The van der Waals surface area contributed by atoms with Gasteiger partial charge in [0.25, 0.3) is 0 Å². The van der Waals surface area contributed by atoms with E-state index >= 15 is 0 Å². The zero-order chi connectivity index (χ0) is 14.8. The molecule has 0 spiro atoms. The van der Waals surface area contributed by atoms with Crippen LogP contribution in [0.2, 0.25) is 5.02 Å². The van der Waals surface area contributed by atoms with E-state index in [1.807, 2.05) is 24.3 Å². The number of hydrogen-bond acceptors (Lipinski definition) is 3. The summed E-state index contributed by atoms with van der Waals surface area (Å²) in [4.78, 5) is 11.2. The van der Waals surface area contributed by atoms with Gasteiger partial charge in [0.2, 0.25) is 0 Å². The van der Waals surface area contributed by atoms with E-state index in [0.717, 1.165) is 11.3 Å². The van der Waals surface area contributed by atoms with Gasteiger partial charge in [0, 0.05) is 10.6 Å². The molecule has 1 unspecified atom stereocenters. The van der Waals surface area contributed by atoms with Crippen LogP contribution in [-0.4, -0.2) is 24.3 Å². The van der Waals surface area contributed by atoms with Crippen molar-refractivity contribution in [2.24, 2.45) is 0 Å². The van der Waals surface area contributed by atoms with E-state index in [0.29, 0.717) is 24.0 Å². The molecule has 1 aliphatic rings. The van der Waals surface area contributed by atoms with Crippen LogP contribution in [0.3, 0.4) is 0 Å². The Morgan fingerprint density at radius 3 is 2.95 bits per heavy atom. The number of ether oxygens (including phenoxy) is 2. The molecule has 108 valence electrons. The lowest BCUT2D eigenvalue weighted by Gasteiger charge is -2.13. The summed E-state index contributed by atoms with van der Waals surface area (Å²) in [6.45, 7) is 0.897. The third-order valence-corrected chi connectivity index (χ3v) is 3.65. The van der Waals surface area contributed by atoms with Crippen molar-refractivity contribution in [3.05, 3.63) is 58.6 Å². The van der Waals surface area contributed by atoms with Crippen LogP contribution < -0.4 is 9.47 Å². The van der Waals surface area contributed by atoms with Crippen LogP contribution in [-0.2, 0) is 0 Å². The fourth-order valence-corrected chi connectivity index (χ4v) is 2.52. The summed E-state index contributed by atoms with van der Waals surface area (Å²) in [6, 6.07) is 12.4. The summed E-state index contributed by atoms with van der Waals surface area (Å²) in [7, 11) is 0. The fourth-order valence-electron chi connectivity index (χ4n) is 2.35. The van der Waals surface area contributed by atoms with Gasteiger partial charge in [-0.15, -0.1) is 0 Å². The summed E-state index contributed by atoms with van der Waals surface area (Å²) >= 11 is 5.82. The van der Waals surface area contributed by atoms with Crippen molar-refractivity contribution in [2.75, 3.05) is 13.2 Å². The van der Waals surface area contributed by atoms with E-state index in [1.165, 1.54) is 6.07 Å². The van der Waals surface area contributed by atoms with Gasteiger partial charge in [-0.3, -0.25) is 0 Å². The Balaban J connectivity index is 1.76. The van der Waals surface area contributed by atoms with Crippen molar-refractivity contribution in [3.8, 4) is 11.5 Å². The molecular weight excluding hydrogens is 292 g/mol. The van der Waals surface area contributed by atoms with E-state index in [9.17, 15) is 9.90 Å². The van der Waals surface area contributed by atoms with E-state index in [4.69, 9.17) is 21.1 Å². The summed E-state index contributed by atoms with van der Waals surface area (Å²) in [5.74, 6) is 0.214. The number of halogens is 1. The van der Waals surface area contributed by atoms with Crippen LogP contribution >= 0.6 is 11.6 Å². The highest BCUT2D eigenvalue weighted by Crippen LogP contribution is 2.34. The maximum atomic E-state index is 11.2. The first-order chi connectivity index (χ1) is 10.1. The number of fused-ring (bicyclic) bond motifs is 1. The molecule has 0 aromatic heterocycles. The van der Waals surface area contributed by atoms with Crippen LogP contribution in [0, 0.1) is 0 Å². The number of carbonyl (C=O) groups is 1. The molecular formula is C16H13ClO4. The number of carboxylic acids is 1. The molecule has 2 aromatic rings. The van der Waals surface area contributed by atoms with Crippen LogP contribution in [0.25, 0.3) is 0 Å². The van der Waals surface area contributed by atoms with Crippen molar-refractivity contribution in [2.45, 2.75) is 5.92 Å². The van der Waals surface area contributed by atoms with Crippen molar-refractivity contribution in [3.63, 3.8) is 0 Å². The Kier molecular flexibility index (Phi) is 3.71. The lowest BCUT2D eigenvalue weighted by molar-refractivity contribution is 0.0692. The molecule has 3 rings (SSSR count). The van der Waals surface area contributed by atoms with E-state index in [-0.39, 0.29) is 11.5 Å². The van der Waals surface area contributed by atoms with Gasteiger partial charge in [-0.1, -0.05) is 29.8 Å². The van der Waals surface area contributed by atoms with Crippen LogP contribution in [0.5, 0.6) is 11.5 Å². The highest BCUT2D eigenvalue weighted by molar-refractivity contribution is 6.31. The first kappa shape index (κ1) is 13.8. The van der Waals surface area contributed by atoms with E-state index < -0.39 is 5.97 Å². The van der Waals surface area contributed by atoms with Crippen molar-refractivity contribution >= 4 is 17.6 Å². The van der Waals surface area contributed by atoms with Gasteiger partial charge in [-0.05, 0) is 24.3 Å². The standard InChI is InChI=1S/C16H13ClO4/c17-11-5-6-15(13(7-11)16(18)19)21-9-10-8-20-14-4-2-1-3-12(10)14/h1-7,10H,8-9H2,(H,18,19). The number of aromatic carboxylic acids is 1. The predicted octanol–water partition coefficient (Wildman–Crippen LogP) is 3.59. The quantitative estimate of drug-likeness (QED) is 0.938. The Labute approximate surface area is 126 Å². The summed E-state index contributed by atoms with van der Waals surface area (Å²) < 4.78 is 11.3. The highest BCUT2D eigenvalue weighted by Gasteiger charge is 2.24. The first-order valence-corrected chi connectivity index (χ1v) is 6.90. The summed E-state index contributed by atoms with van der Waals surface area (Å²) in [5.41, 5.74) is 1.15. The van der Waals surface area contributed by atoms with Gasteiger partial charge in [0.05, 0.1) is 19.1 Å². The molecule has 2 aromatic carbocycles. The van der Waals surface area contributed by atoms with Gasteiger partial charge in [-0.2, -0.15) is 0 Å². The molecule has 1 N–H and O–H groups in total. The Morgan fingerprint density at radius 1 is 1.33 bits per heavy atom. The third kappa shape index (κ3) is 2.81. The van der Waals surface area contributed by atoms with Gasteiger partial charge >= 0.3 is 5.97 Å². The fraction of sp³-hybridized carbons (Fsp3) is 0.188. The third-order valence-electron chi connectivity index (χ3n) is 3.41. The lowest BCUT2D eigenvalue weighted by atomic mass is 10.0. The normalized spacial score (nSPS) is 16.1. The molecule has 0 saturated heterocycles. The predicted molar refractivity (Wildman–Crippen MR) is 78.6 cm³/mol. The van der Waals surface area contributed by atoms with Gasteiger partial charge < -0.3 is 14.6 Å². The first-order valence-electron chi connectivity index (χ1n) is 6.52. The minimum Gasteiger partial charge on any atom is -0.493 e. The minimum atomic E-state index is -1.06. The number of hydrogen-bond donors (Lipinski definition) is 1.